The Balaban J connectivity index is 1.57. The molecular weight excluding hydrogens is 346 g/mol. The summed E-state index contributed by atoms with van der Waals surface area (Å²) in [5.41, 5.74) is 3.14. The summed E-state index contributed by atoms with van der Waals surface area (Å²) < 4.78 is 3.61. The van der Waals surface area contributed by atoms with Crippen LogP contribution in [0.3, 0.4) is 0 Å². The Bertz CT molecular complexity index is 1230. The summed E-state index contributed by atoms with van der Waals surface area (Å²) in [5, 5.41) is 19.6. The third kappa shape index (κ3) is 2.38. The van der Waals surface area contributed by atoms with Gasteiger partial charge in [0.2, 0.25) is 4.96 Å². The second-order valence-electron chi connectivity index (χ2n) is 6.24. The van der Waals surface area contributed by atoms with Crippen molar-refractivity contribution < 1.29 is 0 Å². The van der Waals surface area contributed by atoms with E-state index in [9.17, 15) is 0 Å². The van der Waals surface area contributed by atoms with E-state index in [1.54, 1.807) is 4.68 Å². The van der Waals surface area contributed by atoms with Crippen molar-refractivity contribution in [2.45, 2.75) is 12.8 Å². The van der Waals surface area contributed by atoms with Crippen LogP contribution in [0.2, 0.25) is 0 Å². The highest BCUT2D eigenvalue weighted by Gasteiger charge is 2.20. The number of aromatic nitrogens is 7. The van der Waals surface area contributed by atoms with Crippen LogP contribution in [-0.4, -0.2) is 34.6 Å². The standard InChI is InChI=1S/C18H15N7S/c1-11(12-5-6-15-13(8-12)4-3-7-19-15)16-21-22-18-25(16)23-17(26-18)14-9-20-24(2)10-14/h3-11H,1-2H3. The largest absolute Gasteiger partial charge is 0.275 e. The Morgan fingerprint density at radius 2 is 2.08 bits per heavy atom. The van der Waals surface area contributed by atoms with Gasteiger partial charge in [0, 0.05) is 30.7 Å². The Kier molecular flexibility index (Phi) is 3.32. The second kappa shape index (κ2) is 5.70. The monoisotopic (exact) mass is 361 g/mol. The Morgan fingerprint density at radius 1 is 1.15 bits per heavy atom. The quantitative estimate of drug-likeness (QED) is 0.493. The van der Waals surface area contributed by atoms with Crippen LogP contribution in [0.5, 0.6) is 0 Å². The predicted octanol–water partition coefficient (Wildman–Crippen LogP) is 3.29. The van der Waals surface area contributed by atoms with Crippen molar-refractivity contribution in [2.24, 2.45) is 7.05 Å². The van der Waals surface area contributed by atoms with Gasteiger partial charge in [0.25, 0.3) is 0 Å². The fourth-order valence-electron chi connectivity index (χ4n) is 3.06. The van der Waals surface area contributed by atoms with Crippen molar-refractivity contribution >= 4 is 27.2 Å². The van der Waals surface area contributed by atoms with E-state index in [2.05, 4.69) is 45.4 Å². The van der Waals surface area contributed by atoms with Crippen molar-refractivity contribution in [3.05, 3.63) is 60.3 Å². The van der Waals surface area contributed by atoms with Crippen LogP contribution in [0.15, 0.2) is 48.9 Å². The molecule has 0 aliphatic rings. The smallest absolute Gasteiger partial charge is 0.235 e. The number of rotatable bonds is 3. The van der Waals surface area contributed by atoms with Crippen LogP contribution < -0.4 is 0 Å². The molecule has 1 atom stereocenters. The number of fused-ring (bicyclic) bond motifs is 2. The number of nitrogens with zero attached hydrogens (tertiary/aromatic N) is 7. The molecule has 26 heavy (non-hydrogen) atoms. The first-order chi connectivity index (χ1) is 12.7. The molecule has 0 saturated heterocycles. The van der Waals surface area contributed by atoms with Gasteiger partial charge in [0.15, 0.2) is 10.8 Å². The van der Waals surface area contributed by atoms with Crippen LogP contribution >= 0.6 is 11.3 Å². The van der Waals surface area contributed by atoms with Crippen molar-refractivity contribution in [2.75, 3.05) is 0 Å². The zero-order valence-electron chi connectivity index (χ0n) is 14.2. The zero-order chi connectivity index (χ0) is 17.7. The van der Waals surface area contributed by atoms with Crippen LogP contribution in [0.1, 0.15) is 24.2 Å². The van der Waals surface area contributed by atoms with Gasteiger partial charge in [-0.25, -0.2) is 0 Å². The van der Waals surface area contributed by atoms with E-state index in [0.717, 1.165) is 37.8 Å². The highest BCUT2D eigenvalue weighted by atomic mass is 32.1. The maximum atomic E-state index is 4.71. The van der Waals surface area contributed by atoms with Gasteiger partial charge in [-0.1, -0.05) is 30.4 Å². The lowest BCUT2D eigenvalue weighted by Gasteiger charge is -2.10. The van der Waals surface area contributed by atoms with E-state index in [1.165, 1.54) is 11.3 Å². The molecule has 4 heterocycles. The van der Waals surface area contributed by atoms with Crippen LogP contribution in [0.25, 0.3) is 26.4 Å². The number of hydrogen-bond donors (Lipinski definition) is 0. The van der Waals surface area contributed by atoms with Crippen molar-refractivity contribution in [1.29, 1.82) is 0 Å². The predicted molar refractivity (Wildman–Crippen MR) is 100 cm³/mol. The Hall–Kier alpha value is -3.13. The number of pyridine rings is 1. The van der Waals surface area contributed by atoms with E-state index in [1.807, 2.05) is 42.3 Å². The molecule has 5 aromatic rings. The van der Waals surface area contributed by atoms with E-state index in [4.69, 9.17) is 5.10 Å². The summed E-state index contributed by atoms with van der Waals surface area (Å²) in [6, 6.07) is 10.3. The molecule has 0 saturated carbocycles. The van der Waals surface area contributed by atoms with Crippen molar-refractivity contribution in [1.82, 2.24) is 34.6 Å². The lowest BCUT2D eigenvalue weighted by molar-refractivity contribution is 0.758. The molecule has 0 fully saturated rings. The van der Waals surface area contributed by atoms with Gasteiger partial charge in [-0.2, -0.15) is 14.7 Å². The van der Waals surface area contributed by atoms with Crippen LogP contribution in [0, 0.1) is 0 Å². The van der Waals surface area contributed by atoms with E-state index in [-0.39, 0.29) is 5.92 Å². The van der Waals surface area contributed by atoms with Gasteiger partial charge >= 0.3 is 0 Å². The topological polar surface area (TPSA) is 73.8 Å². The minimum atomic E-state index is 0.0680. The molecular formula is C18H15N7S. The summed E-state index contributed by atoms with van der Waals surface area (Å²) in [7, 11) is 1.89. The lowest BCUT2D eigenvalue weighted by atomic mass is 9.99. The van der Waals surface area contributed by atoms with Gasteiger partial charge in [0.1, 0.15) is 0 Å². The summed E-state index contributed by atoms with van der Waals surface area (Å²) in [5.74, 6) is 0.896. The normalized spacial score (nSPS) is 12.8. The van der Waals surface area contributed by atoms with Gasteiger partial charge < -0.3 is 0 Å². The first-order valence-corrected chi connectivity index (χ1v) is 9.06. The van der Waals surface area contributed by atoms with Gasteiger partial charge in [-0.3, -0.25) is 9.67 Å². The zero-order valence-corrected chi connectivity index (χ0v) is 15.1. The average Bonchev–Trinajstić information content (AvgIpc) is 3.36. The molecule has 0 amide bonds. The van der Waals surface area contributed by atoms with Crippen LogP contribution in [0.4, 0.5) is 0 Å². The van der Waals surface area contributed by atoms with E-state index in [0.29, 0.717) is 0 Å². The molecule has 1 unspecified atom stereocenters. The maximum absolute atomic E-state index is 4.71. The maximum Gasteiger partial charge on any atom is 0.235 e. The highest BCUT2D eigenvalue weighted by Crippen LogP contribution is 2.29. The summed E-state index contributed by atoms with van der Waals surface area (Å²) in [6.07, 6.45) is 5.57. The number of hydrogen-bond acceptors (Lipinski definition) is 6. The third-order valence-corrected chi connectivity index (χ3v) is 5.43. The van der Waals surface area contributed by atoms with Crippen LogP contribution in [-0.2, 0) is 7.05 Å². The lowest BCUT2D eigenvalue weighted by Crippen LogP contribution is -2.03. The van der Waals surface area contributed by atoms with Crippen molar-refractivity contribution in [3.8, 4) is 10.6 Å². The molecule has 8 heteroatoms. The Morgan fingerprint density at radius 3 is 2.92 bits per heavy atom. The minimum absolute atomic E-state index is 0.0680. The summed E-state index contributed by atoms with van der Waals surface area (Å²) in [6.45, 7) is 2.12. The first-order valence-electron chi connectivity index (χ1n) is 8.25. The minimum Gasteiger partial charge on any atom is -0.275 e. The highest BCUT2D eigenvalue weighted by molar-refractivity contribution is 7.19. The molecule has 0 spiro atoms. The first kappa shape index (κ1) is 15.2. The van der Waals surface area contributed by atoms with Gasteiger partial charge in [-0.15, -0.1) is 10.2 Å². The van der Waals surface area contributed by atoms with Gasteiger partial charge in [0.05, 0.1) is 17.3 Å². The molecule has 0 aliphatic carbocycles. The Labute approximate surface area is 153 Å². The molecule has 0 bridgehead atoms. The van der Waals surface area contributed by atoms with Gasteiger partial charge in [-0.05, 0) is 23.8 Å². The molecule has 4 aromatic heterocycles. The SMILES string of the molecule is CC(c1ccc2ncccc2c1)c1nnc2sc(-c3cnn(C)c3)nn12. The average molecular weight is 361 g/mol. The summed E-state index contributed by atoms with van der Waals surface area (Å²) >= 11 is 1.51. The molecule has 0 aliphatic heterocycles. The number of benzene rings is 1. The third-order valence-electron chi connectivity index (χ3n) is 4.48. The molecule has 128 valence electrons. The fraction of sp³-hybridized carbons (Fsp3) is 0.167. The molecule has 5 rings (SSSR count). The molecule has 1 aromatic carbocycles. The van der Waals surface area contributed by atoms with Crippen molar-refractivity contribution in [3.63, 3.8) is 0 Å². The van der Waals surface area contributed by atoms with E-state index < -0.39 is 0 Å². The molecule has 0 N–H and O–H groups in total. The fourth-order valence-corrected chi connectivity index (χ4v) is 3.88. The number of aryl methyl sites for hydroxylation is 1. The van der Waals surface area contributed by atoms with E-state index >= 15 is 0 Å². The second-order valence-corrected chi connectivity index (χ2v) is 7.20. The molecule has 7 nitrogen and oxygen atoms in total. The summed E-state index contributed by atoms with van der Waals surface area (Å²) in [4.78, 5) is 5.17. The molecule has 0 radical (unpaired) electrons.